The van der Waals surface area contributed by atoms with E-state index in [-0.39, 0.29) is 23.8 Å². The molecule has 2 saturated heterocycles. The molecule has 4 rings (SSSR count). The molecule has 2 aliphatic rings. The van der Waals surface area contributed by atoms with Crippen LogP contribution in [0.5, 0.6) is 5.75 Å². The number of carbonyl (C=O) groups is 2. The van der Waals surface area contributed by atoms with Crippen LogP contribution in [-0.4, -0.2) is 67.0 Å². The first-order chi connectivity index (χ1) is 16.1. The van der Waals surface area contributed by atoms with Crippen LogP contribution in [0.2, 0.25) is 0 Å². The van der Waals surface area contributed by atoms with Gasteiger partial charge in [-0.2, -0.15) is 0 Å². The highest BCUT2D eigenvalue weighted by molar-refractivity contribution is 5.94. The van der Waals surface area contributed by atoms with E-state index >= 15 is 0 Å². The van der Waals surface area contributed by atoms with Crippen molar-refractivity contribution in [3.05, 3.63) is 65.7 Å². The average molecular weight is 450 g/mol. The van der Waals surface area contributed by atoms with Gasteiger partial charge in [0.1, 0.15) is 11.9 Å². The van der Waals surface area contributed by atoms with Crippen LogP contribution in [0.1, 0.15) is 42.1 Å². The van der Waals surface area contributed by atoms with E-state index in [1.165, 1.54) is 5.56 Å². The molecule has 1 atom stereocenters. The van der Waals surface area contributed by atoms with Gasteiger partial charge < -0.3 is 19.9 Å². The second kappa shape index (κ2) is 11.3. The van der Waals surface area contributed by atoms with Crippen molar-refractivity contribution in [2.45, 2.75) is 38.7 Å². The molecule has 2 aromatic rings. The smallest absolute Gasteiger partial charge is 0.251 e. The molecule has 1 unspecified atom stereocenters. The Bertz CT molecular complexity index is 908. The van der Waals surface area contributed by atoms with Gasteiger partial charge in [-0.1, -0.05) is 30.3 Å². The number of rotatable bonds is 9. The highest BCUT2D eigenvalue weighted by atomic mass is 16.5. The Hall–Kier alpha value is -2.86. The molecule has 0 spiro atoms. The van der Waals surface area contributed by atoms with Gasteiger partial charge >= 0.3 is 0 Å². The number of benzene rings is 2. The van der Waals surface area contributed by atoms with E-state index < -0.39 is 0 Å². The van der Waals surface area contributed by atoms with Crippen LogP contribution >= 0.6 is 0 Å². The molecule has 2 fully saturated rings. The second-order valence-electron chi connectivity index (χ2n) is 9.13. The zero-order valence-electron chi connectivity index (χ0n) is 19.5. The van der Waals surface area contributed by atoms with Crippen LogP contribution in [0.25, 0.3) is 0 Å². The quantitative estimate of drug-likeness (QED) is 0.638. The molecular formula is C27H35N3O3. The van der Waals surface area contributed by atoms with Crippen LogP contribution in [0, 0.1) is 5.92 Å². The first-order valence-electron chi connectivity index (χ1n) is 12.2. The van der Waals surface area contributed by atoms with E-state index in [4.69, 9.17) is 4.74 Å². The normalized spacial score (nSPS) is 19.6. The summed E-state index contributed by atoms with van der Waals surface area (Å²) >= 11 is 0. The van der Waals surface area contributed by atoms with Gasteiger partial charge in [-0.15, -0.1) is 0 Å². The van der Waals surface area contributed by atoms with Crippen molar-refractivity contribution in [1.82, 2.24) is 15.1 Å². The molecule has 0 bridgehead atoms. The molecule has 2 aromatic carbocycles. The Morgan fingerprint density at radius 3 is 2.45 bits per heavy atom. The van der Waals surface area contributed by atoms with Crippen molar-refractivity contribution in [3.63, 3.8) is 0 Å². The molecule has 33 heavy (non-hydrogen) atoms. The highest BCUT2D eigenvalue weighted by Gasteiger charge is 2.28. The first kappa shape index (κ1) is 23.3. The number of piperidine rings is 1. The average Bonchev–Trinajstić information content (AvgIpc) is 3.22. The Morgan fingerprint density at radius 2 is 1.79 bits per heavy atom. The van der Waals surface area contributed by atoms with Crippen LogP contribution in [-0.2, 0) is 11.2 Å². The standard InChI is InChI=1S/C27H35N3O3/c1-2-30-20-22(18-26(30)31)19-28-27(32)23-8-10-24(11-9-23)33-25-13-16-29(17-14-25)15-12-21-6-4-3-5-7-21/h3-11,22,25H,2,12-20H2,1H3,(H,28,32). The number of carbonyl (C=O) groups excluding carboxylic acids is 2. The molecule has 0 saturated carbocycles. The fourth-order valence-corrected chi connectivity index (χ4v) is 4.70. The second-order valence-corrected chi connectivity index (χ2v) is 9.13. The Kier molecular flexibility index (Phi) is 8.00. The third kappa shape index (κ3) is 6.57. The maximum absolute atomic E-state index is 12.5. The lowest BCUT2D eigenvalue weighted by Gasteiger charge is -2.32. The van der Waals surface area contributed by atoms with E-state index in [2.05, 4.69) is 40.5 Å². The van der Waals surface area contributed by atoms with Crippen LogP contribution < -0.4 is 10.1 Å². The third-order valence-electron chi connectivity index (χ3n) is 6.74. The van der Waals surface area contributed by atoms with Gasteiger partial charge in [0.15, 0.2) is 0 Å². The number of nitrogens with one attached hydrogen (secondary N) is 1. The molecule has 176 valence electrons. The van der Waals surface area contributed by atoms with Crippen molar-refractivity contribution in [2.75, 3.05) is 39.3 Å². The van der Waals surface area contributed by atoms with Crippen LogP contribution in [0.3, 0.4) is 0 Å². The van der Waals surface area contributed by atoms with Crippen LogP contribution in [0.4, 0.5) is 0 Å². The van der Waals surface area contributed by atoms with E-state index in [9.17, 15) is 9.59 Å². The van der Waals surface area contributed by atoms with Gasteiger partial charge in [-0.3, -0.25) is 9.59 Å². The van der Waals surface area contributed by atoms with Crippen molar-refractivity contribution in [2.24, 2.45) is 5.92 Å². The summed E-state index contributed by atoms with van der Waals surface area (Å²) in [5.41, 5.74) is 2.01. The molecule has 2 amide bonds. The zero-order valence-corrected chi connectivity index (χ0v) is 19.5. The molecule has 0 aliphatic carbocycles. The lowest BCUT2D eigenvalue weighted by Crippen LogP contribution is -2.39. The van der Waals surface area contributed by atoms with E-state index in [0.717, 1.165) is 57.7 Å². The summed E-state index contributed by atoms with van der Waals surface area (Å²) in [6, 6.07) is 18.0. The first-order valence-corrected chi connectivity index (χ1v) is 12.2. The van der Waals surface area contributed by atoms with Gasteiger partial charge in [0.05, 0.1) is 0 Å². The minimum Gasteiger partial charge on any atom is -0.490 e. The molecule has 2 heterocycles. The molecular weight excluding hydrogens is 414 g/mol. The highest BCUT2D eigenvalue weighted by Crippen LogP contribution is 2.21. The Balaban J connectivity index is 1.17. The summed E-state index contributed by atoms with van der Waals surface area (Å²) in [5, 5.41) is 2.97. The van der Waals surface area contributed by atoms with Crippen molar-refractivity contribution in [1.29, 1.82) is 0 Å². The molecule has 6 nitrogen and oxygen atoms in total. The maximum Gasteiger partial charge on any atom is 0.251 e. The minimum absolute atomic E-state index is 0.101. The maximum atomic E-state index is 12.5. The van der Waals surface area contributed by atoms with Crippen molar-refractivity contribution >= 4 is 11.8 Å². The van der Waals surface area contributed by atoms with E-state index in [1.54, 1.807) is 0 Å². The number of ether oxygens (including phenoxy) is 1. The van der Waals surface area contributed by atoms with Gasteiger partial charge in [-0.25, -0.2) is 0 Å². The molecule has 1 N–H and O–H groups in total. The fraction of sp³-hybridized carbons (Fsp3) is 0.481. The van der Waals surface area contributed by atoms with Crippen LogP contribution in [0.15, 0.2) is 54.6 Å². The zero-order chi connectivity index (χ0) is 23.0. The molecule has 6 heteroatoms. The van der Waals surface area contributed by atoms with E-state index in [0.29, 0.717) is 18.5 Å². The number of likely N-dealkylation sites (tertiary alicyclic amines) is 2. The summed E-state index contributed by atoms with van der Waals surface area (Å²) in [6.07, 6.45) is 3.87. The number of amides is 2. The SMILES string of the molecule is CCN1CC(CNC(=O)c2ccc(OC3CCN(CCc4ccccc4)CC3)cc2)CC1=O. The molecule has 0 radical (unpaired) electrons. The molecule has 2 aliphatic heterocycles. The summed E-state index contributed by atoms with van der Waals surface area (Å²) in [7, 11) is 0. The topological polar surface area (TPSA) is 61.9 Å². The molecule has 0 aromatic heterocycles. The number of nitrogens with zero attached hydrogens (tertiary/aromatic N) is 2. The van der Waals surface area contributed by atoms with Gasteiger partial charge in [0.25, 0.3) is 5.91 Å². The monoisotopic (exact) mass is 449 g/mol. The van der Waals surface area contributed by atoms with E-state index in [1.807, 2.05) is 36.1 Å². The summed E-state index contributed by atoms with van der Waals surface area (Å²) in [5.74, 6) is 1.09. The summed E-state index contributed by atoms with van der Waals surface area (Å²) < 4.78 is 6.18. The van der Waals surface area contributed by atoms with Crippen molar-refractivity contribution < 1.29 is 14.3 Å². The third-order valence-corrected chi connectivity index (χ3v) is 6.74. The van der Waals surface area contributed by atoms with Crippen molar-refractivity contribution in [3.8, 4) is 5.75 Å². The van der Waals surface area contributed by atoms with Gasteiger partial charge in [0.2, 0.25) is 5.91 Å². The number of hydrogen-bond donors (Lipinski definition) is 1. The predicted octanol–water partition coefficient (Wildman–Crippen LogP) is 3.37. The van der Waals surface area contributed by atoms with Gasteiger partial charge in [-0.05, 0) is 56.0 Å². The Morgan fingerprint density at radius 1 is 1.06 bits per heavy atom. The Labute approximate surface area is 196 Å². The summed E-state index contributed by atoms with van der Waals surface area (Å²) in [6.45, 7) is 7.17. The minimum atomic E-state index is -0.101. The predicted molar refractivity (Wildman–Crippen MR) is 129 cm³/mol. The lowest BCUT2D eigenvalue weighted by atomic mass is 10.1. The largest absolute Gasteiger partial charge is 0.490 e. The lowest BCUT2D eigenvalue weighted by molar-refractivity contribution is -0.127. The number of hydrogen-bond acceptors (Lipinski definition) is 4. The van der Waals surface area contributed by atoms with Gasteiger partial charge in [0, 0.05) is 57.2 Å². The summed E-state index contributed by atoms with van der Waals surface area (Å²) in [4.78, 5) is 28.7. The fourth-order valence-electron chi connectivity index (χ4n) is 4.70.